The number of aromatic nitrogens is 2. The van der Waals surface area contributed by atoms with Crippen molar-refractivity contribution < 1.29 is 19.5 Å². The second kappa shape index (κ2) is 10.1. The highest BCUT2D eigenvalue weighted by Crippen LogP contribution is 2.28. The van der Waals surface area contributed by atoms with Crippen molar-refractivity contribution in [3.8, 4) is 0 Å². The number of hydrogen-bond acceptors (Lipinski definition) is 8. The number of pyridine rings is 1. The summed E-state index contributed by atoms with van der Waals surface area (Å²) in [6.07, 6.45) is 3.10. The van der Waals surface area contributed by atoms with Gasteiger partial charge in [0.2, 0.25) is 0 Å². The molecule has 0 aromatic carbocycles. The summed E-state index contributed by atoms with van der Waals surface area (Å²) in [5.41, 5.74) is 0.959. The molecule has 176 valence electrons. The van der Waals surface area contributed by atoms with Crippen LogP contribution in [-0.2, 0) is 22.6 Å². The number of hydrogen-bond donors (Lipinski definition) is 4. The largest absolute Gasteiger partial charge is 0.396 e. The zero-order valence-electron chi connectivity index (χ0n) is 18.0. The van der Waals surface area contributed by atoms with Crippen LogP contribution in [0.5, 0.6) is 0 Å². The van der Waals surface area contributed by atoms with Crippen molar-refractivity contribution >= 4 is 46.5 Å². The van der Waals surface area contributed by atoms with E-state index in [0.717, 1.165) is 30.1 Å². The van der Waals surface area contributed by atoms with Crippen LogP contribution in [-0.4, -0.2) is 70.0 Å². The number of thiazole rings is 1. The summed E-state index contributed by atoms with van der Waals surface area (Å²) in [4.78, 5) is 49.3. The average molecular weight is 493 g/mol. The molecule has 0 saturated heterocycles. The van der Waals surface area contributed by atoms with Gasteiger partial charge in [-0.1, -0.05) is 11.6 Å². The number of nitrogens with zero attached hydrogens (tertiary/aromatic N) is 3. The van der Waals surface area contributed by atoms with Gasteiger partial charge in [-0.15, -0.1) is 11.3 Å². The molecule has 0 unspecified atom stereocenters. The monoisotopic (exact) mass is 492 g/mol. The fourth-order valence-electron chi connectivity index (χ4n) is 4.12. The van der Waals surface area contributed by atoms with Gasteiger partial charge in [-0.3, -0.25) is 14.4 Å². The molecule has 10 nitrogen and oxygen atoms in total. The Hall–Kier alpha value is -2.60. The number of rotatable bonds is 5. The Morgan fingerprint density at radius 3 is 2.67 bits per heavy atom. The Bertz CT molecular complexity index is 1050. The van der Waals surface area contributed by atoms with E-state index in [1.165, 1.54) is 23.6 Å². The molecule has 33 heavy (non-hydrogen) atoms. The van der Waals surface area contributed by atoms with E-state index >= 15 is 0 Å². The molecule has 2 aromatic heterocycles. The van der Waals surface area contributed by atoms with Crippen molar-refractivity contribution in [3.63, 3.8) is 0 Å². The topological polar surface area (TPSA) is 137 Å². The average Bonchev–Trinajstić information content (AvgIpc) is 3.38. The van der Waals surface area contributed by atoms with Crippen LogP contribution in [0.15, 0.2) is 18.3 Å². The molecule has 2 aliphatic rings. The van der Waals surface area contributed by atoms with Gasteiger partial charge >= 0.3 is 11.8 Å². The molecule has 2 aromatic rings. The number of anilines is 1. The lowest BCUT2D eigenvalue weighted by molar-refractivity contribution is -0.136. The highest BCUT2D eigenvalue weighted by Gasteiger charge is 2.37. The second-order valence-electron chi connectivity index (χ2n) is 8.37. The lowest BCUT2D eigenvalue weighted by Crippen LogP contribution is -2.51. The van der Waals surface area contributed by atoms with Gasteiger partial charge in [-0.2, -0.15) is 0 Å². The lowest BCUT2D eigenvalue weighted by atomic mass is 10.1. The van der Waals surface area contributed by atoms with Crippen LogP contribution in [0.4, 0.5) is 5.82 Å². The van der Waals surface area contributed by atoms with Gasteiger partial charge in [-0.25, -0.2) is 9.97 Å². The zero-order chi connectivity index (χ0) is 23.5. The highest BCUT2D eigenvalue weighted by molar-refractivity contribution is 7.13. The Morgan fingerprint density at radius 2 is 1.97 bits per heavy atom. The van der Waals surface area contributed by atoms with Crippen LogP contribution in [0.25, 0.3) is 0 Å². The molecule has 3 atom stereocenters. The third-order valence-electron chi connectivity index (χ3n) is 5.84. The molecule has 3 heterocycles. The minimum absolute atomic E-state index is 0.0719. The maximum atomic E-state index is 12.9. The van der Waals surface area contributed by atoms with E-state index in [0.29, 0.717) is 22.9 Å². The van der Waals surface area contributed by atoms with Crippen LogP contribution in [0.2, 0.25) is 5.02 Å². The van der Waals surface area contributed by atoms with Gasteiger partial charge in [0.15, 0.2) is 5.01 Å². The molecule has 1 aliphatic carbocycles. The normalized spacial score (nSPS) is 22.5. The van der Waals surface area contributed by atoms with Gasteiger partial charge in [-0.05, 0) is 37.9 Å². The molecular formula is C21H25ClN6O4S. The number of carbonyl (C=O) groups is 3. The van der Waals surface area contributed by atoms with Crippen molar-refractivity contribution in [1.29, 1.82) is 0 Å². The Morgan fingerprint density at radius 1 is 1.21 bits per heavy atom. The van der Waals surface area contributed by atoms with Gasteiger partial charge in [0, 0.05) is 49.3 Å². The lowest BCUT2D eigenvalue weighted by Gasteiger charge is -2.21. The first-order chi connectivity index (χ1) is 15.8. The summed E-state index contributed by atoms with van der Waals surface area (Å²) in [6.45, 7) is 1.60. The fraction of sp³-hybridized carbons (Fsp3) is 0.476. The number of nitrogens with one attached hydrogen (secondary N) is 3. The van der Waals surface area contributed by atoms with Crippen molar-refractivity contribution in [2.24, 2.45) is 5.92 Å². The predicted molar refractivity (Wildman–Crippen MR) is 123 cm³/mol. The molecule has 1 fully saturated rings. The molecule has 12 heteroatoms. The fourth-order valence-corrected chi connectivity index (χ4v) is 5.32. The van der Waals surface area contributed by atoms with Gasteiger partial charge in [0.25, 0.3) is 5.91 Å². The van der Waals surface area contributed by atoms with Crippen molar-refractivity contribution in [1.82, 2.24) is 25.5 Å². The van der Waals surface area contributed by atoms with E-state index in [2.05, 4.69) is 30.8 Å². The van der Waals surface area contributed by atoms with Crippen LogP contribution < -0.4 is 16.0 Å². The smallest absolute Gasteiger partial charge is 0.314 e. The van der Waals surface area contributed by atoms with Crippen LogP contribution in [0.1, 0.15) is 33.2 Å². The molecule has 0 radical (unpaired) electrons. The van der Waals surface area contributed by atoms with E-state index in [9.17, 15) is 19.5 Å². The summed E-state index contributed by atoms with van der Waals surface area (Å²) >= 11 is 7.15. The molecule has 3 amide bonds. The second-order valence-corrected chi connectivity index (χ2v) is 9.89. The summed E-state index contributed by atoms with van der Waals surface area (Å²) in [6, 6.07) is 2.11. The summed E-state index contributed by atoms with van der Waals surface area (Å²) in [7, 11) is 2.03. The van der Waals surface area contributed by atoms with Crippen molar-refractivity contribution in [2.45, 2.75) is 37.9 Å². The summed E-state index contributed by atoms with van der Waals surface area (Å²) in [5, 5.41) is 18.4. The Labute approximate surface area is 199 Å². The number of fused-ring (bicyclic) bond motifs is 1. The minimum Gasteiger partial charge on any atom is -0.396 e. The first kappa shape index (κ1) is 23.6. The molecule has 1 aliphatic heterocycles. The zero-order valence-corrected chi connectivity index (χ0v) is 19.6. The highest BCUT2D eigenvalue weighted by atomic mass is 35.5. The first-order valence-electron chi connectivity index (χ1n) is 10.6. The number of aliphatic hydroxyl groups excluding tert-OH is 1. The molecule has 1 saturated carbocycles. The summed E-state index contributed by atoms with van der Waals surface area (Å²) in [5.74, 6) is -1.93. The number of likely N-dealkylation sites (N-methyl/N-ethyl adjacent to an activating group) is 1. The van der Waals surface area contributed by atoms with Crippen LogP contribution >= 0.6 is 22.9 Å². The predicted octanol–water partition coefficient (Wildman–Crippen LogP) is 0.804. The SMILES string of the molecule is CN1CCc2nc(C(=O)N[C@@H]3C[C@@H](CO)C[C@H]3NC(=O)C(=O)Nc3ccc(Cl)cn3)sc2C1. The maximum Gasteiger partial charge on any atom is 0.314 e. The van der Waals surface area contributed by atoms with Gasteiger partial charge in [0.05, 0.1) is 10.7 Å². The van der Waals surface area contributed by atoms with E-state index in [1.54, 1.807) is 6.07 Å². The number of carbonyl (C=O) groups excluding carboxylic acids is 3. The van der Waals surface area contributed by atoms with Crippen molar-refractivity contribution in [3.05, 3.63) is 38.9 Å². The molecule has 4 rings (SSSR count). The number of aliphatic hydroxyl groups is 1. The Kier molecular flexibility index (Phi) is 7.23. The third-order valence-corrected chi connectivity index (χ3v) is 7.15. The van der Waals surface area contributed by atoms with Crippen molar-refractivity contribution in [2.75, 3.05) is 25.5 Å². The van der Waals surface area contributed by atoms with E-state index in [-0.39, 0.29) is 24.2 Å². The van der Waals surface area contributed by atoms with Crippen LogP contribution in [0.3, 0.4) is 0 Å². The minimum atomic E-state index is -0.876. The number of halogens is 1. The van der Waals surface area contributed by atoms with Gasteiger partial charge < -0.3 is 26.0 Å². The molecule has 4 N–H and O–H groups in total. The molecule has 0 spiro atoms. The maximum absolute atomic E-state index is 12.9. The van der Waals surface area contributed by atoms with E-state index < -0.39 is 23.9 Å². The first-order valence-corrected chi connectivity index (χ1v) is 11.8. The Balaban J connectivity index is 1.38. The third kappa shape index (κ3) is 5.67. The van der Waals surface area contributed by atoms with E-state index in [1.807, 2.05) is 7.05 Å². The summed E-state index contributed by atoms with van der Waals surface area (Å²) < 4.78 is 0. The number of amides is 3. The van der Waals surface area contributed by atoms with E-state index in [4.69, 9.17) is 11.6 Å². The molecular weight excluding hydrogens is 468 g/mol. The van der Waals surface area contributed by atoms with Gasteiger partial charge in [0.1, 0.15) is 5.82 Å². The quantitative estimate of drug-likeness (QED) is 0.453. The molecule has 0 bridgehead atoms. The van der Waals surface area contributed by atoms with Crippen LogP contribution in [0, 0.1) is 5.92 Å². The standard InChI is InChI=1S/C21H25ClN6O4S/c1-28-5-4-13-16(9-28)33-21(26-13)20(32)25-15-7-11(10-29)6-14(15)24-18(30)19(31)27-17-3-2-12(22)8-23-17/h2-3,8,11,14-15,29H,4-7,9-10H2,1H3,(H,24,30)(H,25,32)(H,23,27,31)/t11-,14+,15+/m0/s1.